The zero-order valence-corrected chi connectivity index (χ0v) is 11.5. The average molecular weight is 308 g/mol. The zero-order chi connectivity index (χ0) is 15.1. The molecule has 0 radical (unpaired) electrons. The zero-order valence-electron chi connectivity index (χ0n) is 10.8. The van der Waals surface area contributed by atoms with Crippen LogP contribution in [-0.4, -0.2) is 27.0 Å². The molecule has 2 aromatic heterocycles. The summed E-state index contributed by atoms with van der Waals surface area (Å²) in [6, 6.07) is 3.12. The molecule has 8 nitrogen and oxygen atoms in total. The summed E-state index contributed by atoms with van der Waals surface area (Å²) in [7, 11) is 1.48. The third kappa shape index (κ3) is 2.15. The number of fused-ring (bicyclic) bond motifs is 1. The molecule has 0 unspecified atom stereocenters. The van der Waals surface area contributed by atoms with Crippen LogP contribution in [0.5, 0.6) is 5.75 Å². The molecule has 3 rings (SSSR count). The number of nitrogens with one attached hydrogen (secondary N) is 3. The van der Waals surface area contributed by atoms with Gasteiger partial charge in [0.15, 0.2) is 5.65 Å². The largest absolute Gasteiger partial charge is 0.496 e. The highest BCUT2D eigenvalue weighted by Gasteiger charge is 2.15. The van der Waals surface area contributed by atoms with E-state index in [-0.39, 0.29) is 11.2 Å². The molecule has 0 atom stereocenters. The number of imidazole rings is 1. The number of H-pyrrole nitrogens is 3. The maximum atomic E-state index is 11.7. The predicted molar refractivity (Wildman–Crippen MR) is 78.7 cm³/mol. The van der Waals surface area contributed by atoms with Crippen LogP contribution in [0, 0.1) is 0 Å². The first-order chi connectivity index (χ1) is 9.99. The number of hydrogen-bond donors (Lipinski definition) is 4. The third-order valence-electron chi connectivity index (χ3n) is 2.96. The Hall–Kier alpha value is -2.74. The molecule has 0 fully saturated rings. The second kappa shape index (κ2) is 4.67. The van der Waals surface area contributed by atoms with E-state index in [0.29, 0.717) is 27.8 Å². The first kappa shape index (κ1) is 13.3. The summed E-state index contributed by atoms with van der Waals surface area (Å²) in [6.07, 6.45) is 0. The van der Waals surface area contributed by atoms with E-state index in [1.54, 1.807) is 12.1 Å². The van der Waals surface area contributed by atoms with E-state index >= 15 is 0 Å². The van der Waals surface area contributed by atoms with E-state index in [9.17, 15) is 9.59 Å². The number of nitrogens with two attached hydrogens (primary N) is 1. The Morgan fingerprint density at radius 2 is 2.00 bits per heavy atom. The van der Waals surface area contributed by atoms with Gasteiger partial charge < -0.3 is 15.5 Å². The van der Waals surface area contributed by atoms with Crippen molar-refractivity contribution in [1.82, 2.24) is 19.9 Å². The van der Waals surface area contributed by atoms with Crippen molar-refractivity contribution in [1.29, 1.82) is 0 Å². The molecule has 0 aliphatic rings. The predicted octanol–water partition coefficient (Wildman–Crippen LogP) is 0.851. The van der Waals surface area contributed by atoms with E-state index < -0.39 is 11.2 Å². The first-order valence-corrected chi connectivity index (χ1v) is 6.23. The van der Waals surface area contributed by atoms with Crippen molar-refractivity contribution in [3.05, 3.63) is 38.0 Å². The third-order valence-corrected chi connectivity index (χ3v) is 3.29. The highest BCUT2D eigenvalue weighted by molar-refractivity contribution is 6.33. The first-order valence-electron chi connectivity index (χ1n) is 5.85. The monoisotopic (exact) mass is 307 g/mol. The molecule has 0 spiro atoms. The van der Waals surface area contributed by atoms with Crippen LogP contribution in [0.3, 0.4) is 0 Å². The maximum Gasteiger partial charge on any atom is 0.327 e. The van der Waals surface area contributed by atoms with E-state index in [4.69, 9.17) is 22.1 Å². The fourth-order valence-electron chi connectivity index (χ4n) is 1.98. The molecule has 0 amide bonds. The Morgan fingerprint density at radius 1 is 1.24 bits per heavy atom. The molecule has 0 aliphatic carbocycles. The quantitative estimate of drug-likeness (QED) is 0.521. The lowest BCUT2D eigenvalue weighted by molar-refractivity contribution is 0.416. The number of rotatable bonds is 2. The van der Waals surface area contributed by atoms with Crippen LogP contribution in [0.25, 0.3) is 22.6 Å². The van der Waals surface area contributed by atoms with Gasteiger partial charge in [-0.15, -0.1) is 0 Å². The molecule has 0 saturated heterocycles. The number of hydrogen-bond acceptors (Lipinski definition) is 5. The van der Waals surface area contributed by atoms with Gasteiger partial charge in [-0.1, -0.05) is 11.6 Å². The number of nitrogen functional groups attached to an aromatic ring is 1. The lowest BCUT2D eigenvalue weighted by Gasteiger charge is -2.08. The Balaban J connectivity index is 2.30. The molecule has 9 heteroatoms. The van der Waals surface area contributed by atoms with Crippen molar-refractivity contribution in [2.24, 2.45) is 0 Å². The highest BCUT2D eigenvalue weighted by atomic mass is 35.5. The molecule has 0 aliphatic heterocycles. The molecular weight excluding hydrogens is 298 g/mol. The number of nitrogens with zero attached hydrogens (tertiary/aromatic N) is 1. The summed E-state index contributed by atoms with van der Waals surface area (Å²) in [5, 5.41) is 0.327. The second-order valence-corrected chi connectivity index (χ2v) is 4.70. The number of anilines is 1. The van der Waals surface area contributed by atoms with Gasteiger partial charge in [-0.3, -0.25) is 14.8 Å². The number of methoxy groups -OCH3 is 1. The molecule has 5 N–H and O–H groups in total. The Morgan fingerprint density at radius 3 is 2.71 bits per heavy atom. The SMILES string of the molecule is COc1cc(N)c(Cl)cc1-c1nc2[nH]c(=O)[nH]c(=O)c2[nH]1. The maximum absolute atomic E-state index is 11.7. The van der Waals surface area contributed by atoms with Gasteiger partial charge in [0.2, 0.25) is 0 Å². The van der Waals surface area contributed by atoms with Crippen LogP contribution >= 0.6 is 11.6 Å². The Labute approximate surface area is 121 Å². The summed E-state index contributed by atoms with van der Waals surface area (Å²) in [5.74, 6) is 0.769. The minimum Gasteiger partial charge on any atom is -0.496 e. The van der Waals surface area contributed by atoms with Crippen molar-refractivity contribution in [3.63, 3.8) is 0 Å². The fraction of sp³-hybridized carbons (Fsp3) is 0.0833. The number of benzene rings is 1. The second-order valence-electron chi connectivity index (χ2n) is 4.29. The van der Waals surface area contributed by atoms with Gasteiger partial charge >= 0.3 is 5.69 Å². The number of aromatic nitrogens is 4. The standard InChI is InChI=1S/C12H10ClN5O3/c1-21-7-3-6(14)5(13)2-4(7)9-15-8-10(16-9)17-12(20)18-11(8)19/h2-3H,14H2,1H3,(H3,15,16,17,18,19,20). The molecule has 21 heavy (non-hydrogen) atoms. The molecule has 0 bridgehead atoms. The average Bonchev–Trinajstić information content (AvgIpc) is 2.85. The number of ether oxygens (including phenoxy) is 1. The van der Waals surface area contributed by atoms with Crippen LogP contribution < -0.4 is 21.7 Å². The van der Waals surface area contributed by atoms with Crippen molar-refractivity contribution < 1.29 is 4.74 Å². The van der Waals surface area contributed by atoms with Gasteiger partial charge in [-0.05, 0) is 6.07 Å². The van der Waals surface area contributed by atoms with Crippen LogP contribution in [0.2, 0.25) is 5.02 Å². The van der Waals surface area contributed by atoms with Gasteiger partial charge in [0, 0.05) is 6.07 Å². The topological polar surface area (TPSA) is 130 Å². The van der Waals surface area contributed by atoms with Gasteiger partial charge in [0.05, 0.1) is 23.4 Å². The molecule has 108 valence electrons. The van der Waals surface area contributed by atoms with E-state index in [1.807, 2.05) is 0 Å². The Kier molecular flexibility index (Phi) is 2.95. The summed E-state index contributed by atoms with van der Waals surface area (Å²) in [6.45, 7) is 0. The van der Waals surface area contributed by atoms with Crippen molar-refractivity contribution in [2.45, 2.75) is 0 Å². The summed E-state index contributed by atoms with van der Waals surface area (Å²) < 4.78 is 5.23. The molecule has 0 saturated carbocycles. The Bertz CT molecular complexity index is 956. The van der Waals surface area contributed by atoms with Crippen LogP contribution in [0.1, 0.15) is 0 Å². The highest BCUT2D eigenvalue weighted by Crippen LogP contribution is 2.34. The lowest BCUT2D eigenvalue weighted by Crippen LogP contribution is -2.21. The van der Waals surface area contributed by atoms with Gasteiger partial charge in [-0.2, -0.15) is 0 Å². The summed E-state index contributed by atoms with van der Waals surface area (Å²) in [4.78, 5) is 34.5. The van der Waals surface area contributed by atoms with E-state index in [2.05, 4.69) is 19.9 Å². The fourth-order valence-corrected chi connectivity index (χ4v) is 2.15. The van der Waals surface area contributed by atoms with Crippen LogP contribution in [0.4, 0.5) is 5.69 Å². The van der Waals surface area contributed by atoms with Gasteiger partial charge in [0.25, 0.3) is 5.56 Å². The van der Waals surface area contributed by atoms with Crippen molar-refractivity contribution >= 4 is 28.5 Å². The molecule has 1 aromatic carbocycles. The number of aromatic amines is 3. The van der Waals surface area contributed by atoms with E-state index in [1.165, 1.54) is 7.11 Å². The van der Waals surface area contributed by atoms with Gasteiger partial charge in [0.1, 0.15) is 17.1 Å². The van der Waals surface area contributed by atoms with E-state index in [0.717, 1.165) is 0 Å². The smallest absolute Gasteiger partial charge is 0.327 e. The summed E-state index contributed by atoms with van der Waals surface area (Å²) in [5.41, 5.74) is 5.71. The van der Waals surface area contributed by atoms with Crippen LogP contribution in [0.15, 0.2) is 21.7 Å². The minimum absolute atomic E-state index is 0.147. The minimum atomic E-state index is -0.632. The summed E-state index contributed by atoms with van der Waals surface area (Å²) >= 11 is 6.00. The number of halogens is 1. The molecular formula is C12H10ClN5O3. The van der Waals surface area contributed by atoms with Gasteiger partial charge in [-0.25, -0.2) is 9.78 Å². The van der Waals surface area contributed by atoms with Crippen molar-refractivity contribution in [3.8, 4) is 17.1 Å². The lowest BCUT2D eigenvalue weighted by atomic mass is 10.1. The normalized spacial score (nSPS) is 11.0. The molecule has 3 aromatic rings. The van der Waals surface area contributed by atoms with Crippen molar-refractivity contribution in [2.75, 3.05) is 12.8 Å². The van der Waals surface area contributed by atoms with Crippen LogP contribution in [-0.2, 0) is 0 Å². The molecule has 2 heterocycles.